The number of hydrogen-bond donors (Lipinski definition) is 1. The SMILES string of the molecule is CC(C)CC[C@@H](c1cccc(F)c1)N1CCNCC1.Cl.Cl. The van der Waals surface area contributed by atoms with E-state index in [1.807, 2.05) is 6.07 Å². The van der Waals surface area contributed by atoms with E-state index in [1.165, 1.54) is 12.5 Å². The molecule has 2 rings (SSSR count). The molecule has 1 aromatic carbocycles. The number of benzene rings is 1. The fraction of sp³-hybridized carbons (Fsp3) is 0.625. The average Bonchev–Trinajstić information content (AvgIpc) is 2.40. The molecule has 1 saturated heterocycles. The Morgan fingerprint density at radius 3 is 2.38 bits per heavy atom. The van der Waals surface area contributed by atoms with Crippen LogP contribution in [0.25, 0.3) is 0 Å². The molecule has 1 aliphatic heterocycles. The van der Waals surface area contributed by atoms with Crippen molar-refractivity contribution in [2.75, 3.05) is 26.2 Å². The summed E-state index contributed by atoms with van der Waals surface area (Å²) in [6.45, 7) is 8.68. The van der Waals surface area contributed by atoms with Crippen molar-refractivity contribution in [3.05, 3.63) is 35.6 Å². The summed E-state index contributed by atoms with van der Waals surface area (Å²) >= 11 is 0. The normalized spacial score (nSPS) is 17.0. The minimum Gasteiger partial charge on any atom is -0.314 e. The number of halogens is 3. The molecule has 1 aliphatic rings. The first-order valence-electron chi connectivity index (χ1n) is 7.37. The highest BCUT2D eigenvalue weighted by Gasteiger charge is 2.22. The van der Waals surface area contributed by atoms with Crippen molar-refractivity contribution in [1.29, 1.82) is 0 Å². The molecule has 0 radical (unpaired) electrons. The van der Waals surface area contributed by atoms with E-state index in [1.54, 1.807) is 6.07 Å². The quantitative estimate of drug-likeness (QED) is 0.872. The van der Waals surface area contributed by atoms with Crippen LogP contribution in [-0.4, -0.2) is 31.1 Å². The van der Waals surface area contributed by atoms with Crippen molar-refractivity contribution in [3.8, 4) is 0 Å². The topological polar surface area (TPSA) is 15.3 Å². The van der Waals surface area contributed by atoms with Crippen molar-refractivity contribution in [2.45, 2.75) is 32.7 Å². The van der Waals surface area contributed by atoms with Crippen molar-refractivity contribution >= 4 is 24.8 Å². The smallest absolute Gasteiger partial charge is 0.123 e. The molecule has 0 aromatic heterocycles. The van der Waals surface area contributed by atoms with Crippen molar-refractivity contribution in [2.24, 2.45) is 5.92 Å². The number of rotatable bonds is 5. The highest BCUT2D eigenvalue weighted by atomic mass is 35.5. The Morgan fingerprint density at radius 2 is 1.81 bits per heavy atom. The molecule has 0 saturated carbocycles. The van der Waals surface area contributed by atoms with E-state index in [0.29, 0.717) is 12.0 Å². The zero-order chi connectivity index (χ0) is 13.7. The molecule has 1 N–H and O–H groups in total. The van der Waals surface area contributed by atoms with Gasteiger partial charge in [0, 0.05) is 32.2 Å². The Bertz CT molecular complexity index is 396. The summed E-state index contributed by atoms with van der Waals surface area (Å²) in [4.78, 5) is 2.49. The molecule has 1 heterocycles. The maximum atomic E-state index is 13.5. The summed E-state index contributed by atoms with van der Waals surface area (Å²) in [5.74, 6) is 0.571. The standard InChI is InChI=1S/C16H25FN2.2ClH/c1-13(2)6-7-16(19-10-8-18-9-11-19)14-4-3-5-15(17)12-14;;/h3-5,12-13,16,18H,6-11H2,1-2H3;2*1H/t16-;;/m0../s1. The molecule has 1 aromatic rings. The summed E-state index contributed by atoms with van der Waals surface area (Å²) in [6.07, 6.45) is 2.30. The average molecular weight is 337 g/mol. The third-order valence-corrected chi connectivity index (χ3v) is 3.84. The Kier molecular flexibility index (Phi) is 10.2. The molecule has 1 atom stereocenters. The lowest BCUT2D eigenvalue weighted by atomic mass is 9.95. The molecule has 0 aliphatic carbocycles. The van der Waals surface area contributed by atoms with Gasteiger partial charge in [0.25, 0.3) is 0 Å². The zero-order valence-electron chi connectivity index (χ0n) is 12.8. The molecular weight excluding hydrogens is 310 g/mol. The van der Waals surface area contributed by atoms with Crippen LogP contribution in [0.2, 0.25) is 0 Å². The van der Waals surface area contributed by atoms with Crippen molar-refractivity contribution in [1.82, 2.24) is 10.2 Å². The second-order valence-electron chi connectivity index (χ2n) is 5.83. The molecule has 0 unspecified atom stereocenters. The molecule has 0 amide bonds. The zero-order valence-corrected chi connectivity index (χ0v) is 14.5. The van der Waals surface area contributed by atoms with Crippen LogP contribution in [0.1, 0.15) is 38.3 Å². The maximum absolute atomic E-state index is 13.5. The van der Waals surface area contributed by atoms with Gasteiger partial charge in [-0.3, -0.25) is 4.90 Å². The van der Waals surface area contributed by atoms with Gasteiger partial charge in [0.15, 0.2) is 0 Å². The van der Waals surface area contributed by atoms with Crippen LogP contribution < -0.4 is 5.32 Å². The Morgan fingerprint density at radius 1 is 1.14 bits per heavy atom. The minimum atomic E-state index is -0.123. The third-order valence-electron chi connectivity index (χ3n) is 3.84. The van der Waals surface area contributed by atoms with E-state index < -0.39 is 0 Å². The fourth-order valence-electron chi connectivity index (χ4n) is 2.76. The van der Waals surface area contributed by atoms with Crippen molar-refractivity contribution < 1.29 is 4.39 Å². The van der Waals surface area contributed by atoms with E-state index in [2.05, 4.69) is 30.1 Å². The summed E-state index contributed by atoms with van der Waals surface area (Å²) in [5, 5.41) is 3.38. The van der Waals surface area contributed by atoms with E-state index >= 15 is 0 Å². The molecule has 122 valence electrons. The molecule has 1 fully saturated rings. The van der Waals surface area contributed by atoms with Gasteiger partial charge in [-0.1, -0.05) is 26.0 Å². The Balaban J connectivity index is 0.00000200. The Labute approximate surface area is 140 Å². The molecule has 0 bridgehead atoms. The summed E-state index contributed by atoms with van der Waals surface area (Å²) in [5.41, 5.74) is 1.13. The molecule has 2 nitrogen and oxygen atoms in total. The minimum absolute atomic E-state index is 0. The van der Waals surface area contributed by atoms with E-state index in [4.69, 9.17) is 0 Å². The summed E-state index contributed by atoms with van der Waals surface area (Å²) in [7, 11) is 0. The fourth-order valence-corrected chi connectivity index (χ4v) is 2.76. The first kappa shape index (κ1) is 20.6. The van der Waals surface area contributed by atoms with Crippen LogP contribution >= 0.6 is 24.8 Å². The van der Waals surface area contributed by atoms with Crippen LogP contribution in [0, 0.1) is 11.7 Å². The maximum Gasteiger partial charge on any atom is 0.123 e. The van der Waals surface area contributed by atoms with Gasteiger partial charge in [-0.2, -0.15) is 0 Å². The highest BCUT2D eigenvalue weighted by molar-refractivity contribution is 5.85. The van der Waals surface area contributed by atoms with Crippen LogP contribution in [0.4, 0.5) is 4.39 Å². The first-order valence-corrected chi connectivity index (χ1v) is 7.37. The van der Waals surface area contributed by atoms with Gasteiger partial charge >= 0.3 is 0 Å². The largest absolute Gasteiger partial charge is 0.314 e. The predicted molar refractivity (Wildman–Crippen MR) is 92.2 cm³/mol. The van der Waals surface area contributed by atoms with Gasteiger partial charge in [0.1, 0.15) is 5.82 Å². The lowest BCUT2D eigenvalue weighted by Crippen LogP contribution is -2.45. The van der Waals surface area contributed by atoms with Gasteiger partial charge in [-0.05, 0) is 36.5 Å². The van der Waals surface area contributed by atoms with Gasteiger partial charge in [0.2, 0.25) is 0 Å². The molecule has 5 heteroatoms. The lowest BCUT2D eigenvalue weighted by Gasteiger charge is -2.35. The van der Waals surface area contributed by atoms with Gasteiger partial charge < -0.3 is 5.32 Å². The van der Waals surface area contributed by atoms with E-state index in [0.717, 1.165) is 38.2 Å². The van der Waals surface area contributed by atoms with Gasteiger partial charge in [-0.25, -0.2) is 4.39 Å². The van der Waals surface area contributed by atoms with Crippen LogP contribution in [-0.2, 0) is 0 Å². The van der Waals surface area contributed by atoms with Gasteiger partial charge in [-0.15, -0.1) is 24.8 Å². The van der Waals surface area contributed by atoms with Crippen molar-refractivity contribution in [3.63, 3.8) is 0 Å². The molecular formula is C16H27Cl2FN2. The van der Waals surface area contributed by atoms with Crippen LogP contribution in [0.15, 0.2) is 24.3 Å². The van der Waals surface area contributed by atoms with Crippen LogP contribution in [0.5, 0.6) is 0 Å². The number of nitrogens with zero attached hydrogens (tertiary/aromatic N) is 1. The number of piperazine rings is 1. The number of nitrogens with one attached hydrogen (secondary N) is 1. The second-order valence-corrected chi connectivity index (χ2v) is 5.83. The van der Waals surface area contributed by atoms with Gasteiger partial charge in [0.05, 0.1) is 0 Å². The molecule has 21 heavy (non-hydrogen) atoms. The Hall–Kier alpha value is -0.350. The van der Waals surface area contributed by atoms with Crippen LogP contribution in [0.3, 0.4) is 0 Å². The number of hydrogen-bond acceptors (Lipinski definition) is 2. The summed E-state index contributed by atoms with van der Waals surface area (Å²) < 4.78 is 13.5. The second kappa shape index (κ2) is 10.4. The predicted octanol–water partition coefficient (Wildman–Crippen LogP) is 4.05. The third kappa shape index (κ3) is 6.52. The monoisotopic (exact) mass is 336 g/mol. The lowest BCUT2D eigenvalue weighted by molar-refractivity contribution is 0.159. The van der Waals surface area contributed by atoms with E-state index in [9.17, 15) is 4.39 Å². The molecule has 0 spiro atoms. The summed E-state index contributed by atoms with van der Waals surface area (Å²) in [6, 6.07) is 7.49. The highest BCUT2D eigenvalue weighted by Crippen LogP contribution is 2.28. The van der Waals surface area contributed by atoms with E-state index in [-0.39, 0.29) is 30.6 Å². The first-order chi connectivity index (χ1) is 9.16.